The van der Waals surface area contributed by atoms with Gasteiger partial charge in [0.1, 0.15) is 5.76 Å². The largest absolute Gasteiger partial charge is 0.441 e. The van der Waals surface area contributed by atoms with Crippen molar-refractivity contribution in [3.8, 4) is 11.3 Å². The Balaban J connectivity index is 2.18. The predicted molar refractivity (Wildman–Crippen MR) is 63.9 cm³/mol. The number of rotatable bonds is 1. The first kappa shape index (κ1) is 8.97. The maximum atomic E-state index is 5.55. The maximum Gasteiger partial charge on any atom is 0.190 e. The van der Waals surface area contributed by atoms with Gasteiger partial charge in [-0.05, 0) is 23.6 Å². The molecule has 3 heteroatoms. The van der Waals surface area contributed by atoms with Crippen molar-refractivity contribution in [2.24, 2.45) is 0 Å². The number of pyridine rings is 1. The number of hydrogen-bond acceptors (Lipinski definition) is 3. The second-order valence-electron chi connectivity index (χ2n) is 3.64. The van der Waals surface area contributed by atoms with Crippen LogP contribution in [0.2, 0.25) is 0 Å². The third kappa shape index (κ3) is 1.42. The van der Waals surface area contributed by atoms with Crippen LogP contribution in [0.5, 0.6) is 0 Å². The summed E-state index contributed by atoms with van der Waals surface area (Å²) in [6.45, 7) is 0. The molecule has 0 unspecified atom stereocenters. The van der Waals surface area contributed by atoms with Crippen LogP contribution in [0.1, 0.15) is 0 Å². The minimum Gasteiger partial charge on any atom is -0.441 e. The van der Waals surface area contributed by atoms with Crippen molar-refractivity contribution in [1.82, 2.24) is 4.98 Å². The fourth-order valence-electron chi connectivity index (χ4n) is 1.74. The molecule has 3 aromatic rings. The summed E-state index contributed by atoms with van der Waals surface area (Å²) < 4.78 is 5.38. The number of fused-ring (bicyclic) bond motifs is 1. The van der Waals surface area contributed by atoms with Crippen molar-refractivity contribution in [1.29, 1.82) is 0 Å². The SMILES string of the molecule is Nc1ccc(-c2ccc3cnccc3c2)o1. The summed E-state index contributed by atoms with van der Waals surface area (Å²) in [5.41, 5.74) is 6.58. The molecule has 0 bridgehead atoms. The number of nitrogens with zero attached hydrogens (tertiary/aromatic N) is 1. The zero-order valence-electron chi connectivity index (χ0n) is 8.55. The van der Waals surface area contributed by atoms with Crippen molar-refractivity contribution in [2.45, 2.75) is 0 Å². The molecular weight excluding hydrogens is 200 g/mol. The first-order valence-corrected chi connectivity index (χ1v) is 5.02. The first-order valence-electron chi connectivity index (χ1n) is 5.02. The third-order valence-corrected chi connectivity index (χ3v) is 2.55. The summed E-state index contributed by atoms with van der Waals surface area (Å²) in [5, 5.41) is 2.26. The van der Waals surface area contributed by atoms with Crippen molar-refractivity contribution in [3.63, 3.8) is 0 Å². The minimum absolute atomic E-state index is 0.435. The van der Waals surface area contributed by atoms with E-state index < -0.39 is 0 Å². The molecule has 2 N–H and O–H groups in total. The molecule has 2 aromatic heterocycles. The van der Waals surface area contributed by atoms with Gasteiger partial charge in [-0.1, -0.05) is 12.1 Å². The molecule has 0 aliphatic heterocycles. The normalized spacial score (nSPS) is 10.8. The first-order chi connectivity index (χ1) is 7.83. The van der Waals surface area contributed by atoms with Crippen molar-refractivity contribution in [2.75, 3.05) is 5.73 Å². The Bertz CT molecular complexity index is 643. The highest BCUT2D eigenvalue weighted by molar-refractivity contribution is 5.85. The van der Waals surface area contributed by atoms with E-state index in [0.717, 1.165) is 22.1 Å². The minimum atomic E-state index is 0.435. The number of anilines is 1. The highest BCUT2D eigenvalue weighted by Crippen LogP contribution is 2.26. The molecule has 0 aliphatic rings. The summed E-state index contributed by atoms with van der Waals surface area (Å²) in [6.07, 6.45) is 3.62. The van der Waals surface area contributed by atoms with Crippen LogP contribution in [0.3, 0.4) is 0 Å². The van der Waals surface area contributed by atoms with Gasteiger partial charge in [0.15, 0.2) is 5.88 Å². The van der Waals surface area contributed by atoms with Crippen LogP contribution in [-0.4, -0.2) is 4.98 Å². The summed E-state index contributed by atoms with van der Waals surface area (Å²) in [5.74, 6) is 1.22. The van der Waals surface area contributed by atoms with Crippen LogP contribution in [0.25, 0.3) is 22.1 Å². The van der Waals surface area contributed by atoms with E-state index in [4.69, 9.17) is 10.2 Å². The molecule has 0 spiro atoms. The molecule has 3 nitrogen and oxygen atoms in total. The lowest BCUT2D eigenvalue weighted by Gasteiger charge is -2.00. The van der Waals surface area contributed by atoms with Gasteiger partial charge in [0.05, 0.1) is 0 Å². The smallest absolute Gasteiger partial charge is 0.190 e. The highest BCUT2D eigenvalue weighted by Gasteiger charge is 2.03. The average Bonchev–Trinajstić information content (AvgIpc) is 2.75. The van der Waals surface area contributed by atoms with Crippen LogP contribution >= 0.6 is 0 Å². The van der Waals surface area contributed by atoms with Gasteiger partial charge in [0.25, 0.3) is 0 Å². The molecule has 0 saturated carbocycles. The second kappa shape index (κ2) is 3.38. The van der Waals surface area contributed by atoms with Gasteiger partial charge in [0.2, 0.25) is 0 Å². The van der Waals surface area contributed by atoms with Crippen molar-refractivity contribution >= 4 is 16.7 Å². The predicted octanol–water partition coefficient (Wildman–Crippen LogP) is 3.08. The standard InChI is InChI=1S/C13H10N2O/c14-13-4-3-12(16-13)10-1-2-11-8-15-6-5-9(11)7-10/h1-8H,14H2. The van der Waals surface area contributed by atoms with Crippen LogP contribution in [0.4, 0.5) is 5.88 Å². The molecular formula is C13H10N2O. The molecule has 2 heterocycles. The van der Waals surface area contributed by atoms with E-state index in [-0.39, 0.29) is 0 Å². The van der Waals surface area contributed by atoms with Crippen LogP contribution in [0.15, 0.2) is 53.2 Å². The quantitative estimate of drug-likeness (QED) is 0.671. The van der Waals surface area contributed by atoms with Crippen molar-refractivity contribution in [3.05, 3.63) is 48.8 Å². The molecule has 0 radical (unpaired) electrons. The maximum absolute atomic E-state index is 5.55. The van der Waals surface area contributed by atoms with Crippen LogP contribution < -0.4 is 5.73 Å². The van der Waals surface area contributed by atoms with Gasteiger partial charge in [-0.3, -0.25) is 4.98 Å². The Morgan fingerprint density at radius 3 is 2.75 bits per heavy atom. The highest BCUT2D eigenvalue weighted by atomic mass is 16.3. The monoisotopic (exact) mass is 210 g/mol. The molecule has 78 valence electrons. The van der Waals surface area contributed by atoms with Gasteiger partial charge < -0.3 is 10.2 Å². The van der Waals surface area contributed by atoms with E-state index in [1.54, 1.807) is 12.3 Å². The molecule has 0 saturated heterocycles. The average molecular weight is 210 g/mol. The molecule has 0 aliphatic carbocycles. The Labute approximate surface area is 92.5 Å². The zero-order chi connectivity index (χ0) is 11.0. The number of hydrogen-bond donors (Lipinski definition) is 1. The summed E-state index contributed by atoms with van der Waals surface area (Å²) in [4.78, 5) is 4.08. The summed E-state index contributed by atoms with van der Waals surface area (Å²) >= 11 is 0. The molecule has 16 heavy (non-hydrogen) atoms. The molecule has 0 amide bonds. The van der Waals surface area contributed by atoms with Gasteiger partial charge in [-0.15, -0.1) is 0 Å². The van der Waals surface area contributed by atoms with Gasteiger partial charge in [-0.2, -0.15) is 0 Å². The lowest BCUT2D eigenvalue weighted by Crippen LogP contribution is -1.79. The van der Waals surface area contributed by atoms with E-state index in [1.807, 2.05) is 30.5 Å². The Hall–Kier alpha value is -2.29. The second-order valence-corrected chi connectivity index (χ2v) is 3.64. The molecule has 0 atom stereocenters. The van der Waals surface area contributed by atoms with E-state index in [1.165, 1.54) is 0 Å². The van der Waals surface area contributed by atoms with Crippen molar-refractivity contribution < 1.29 is 4.42 Å². The summed E-state index contributed by atoms with van der Waals surface area (Å²) in [7, 11) is 0. The number of benzene rings is 1. The van der Waals surface area contributed by atoms with Gasteiger partial charge in [-0.25, -0.2) is 0 Å². The third-order valence-electron chi connectivity index (χ3n) is 2.55. The Morgan fingerprint density at radius 2 is 1.94 bits per heavy atom. The Kier molecular flexibility index (Phi) is 1.90. The van der Waals surface area contributed by atoms with Gasteiger partial charge >= 0.3 is 0 Å². The fourth-order valence-corrected chi connectivity index (χ4v) is 1.74. The Morgan fingerprint density at radius 1 is 1.00 bits per heavy atom. The number of nitrogen functional groups attached to an aromatic ring is 1. The topological polar surface area (TPSA) is 52.0 Å². The lowest BCUT2D eigenvalue weighted by molar-refractivity contribution is 0.603. The zero-order valence-corrected chi connectivity index (χ0v) is 8.55. The summed E-state index contributed by atoms with van der Waals surface area (Å²) in [6, 6.07) is 11.7. The van der Waals surface area contributed by atoms with E-state index in [0.29, 0.717) is 5.88 Å². The van der Waals surface area contributed by atoms with E-state index in [2.05, 4.69) is 11.1 Å². The van der Waals surface area contributed by atoms with Crippen LogP contribution in [0, 0.1) is 0 Å². The molecule has 3 rings (SSSR count). The van der Waals surface area contributed by atoms with Crippen LogP contribution in [-0.2, 0) is 0 Å². The number of nitrogens with two attached hydrogens (primary N) is 1. The lowest BCUT2D eigenvalue weighted by atomic mass is 10.1. The van der Waals surface area contributed by atoms with Gasteiger partial charge in [0, 0.05) is 29.4 Å². The number of furan rings is 1. The van der Waals surface area contributed by atoms with E-state index in [9.17, 15) is 0 Å². The van der Waals surface area contributed by atoms with E-state index >= 15 is 0 Å². The number of aromatic nitrogens is 1. The molecule has 0 fully saturated rings. The molecule has 1 aromatic carbocycles. The fraction of sp³-hybridized carbons (Fsp3) is 0.